The van der Waals surface area contributed by atoms with Crippen LogP contribution in [-0.4, -0.2) is 31.3 Å². The molecule has 1 N–H and O–H groups in total. The van der Waals surface area contributed by atoms with Gasteiger partial charge in [0, 0.05) is 19.8 Å². The Hall–Kier alpha value is -2.33. The molecule has 0 bridgehead atoms. The highest BCUT2D eigenvalue weighted by molar-refractivity contribution is 5.91. The van der Waals surface area contributed by atoms with E-state index in [9.17, 15) is 9.90 Å². The van der Waals surface area contributed by atoms with Crippen LogP contribution in [0.2, 0.25) is 0 Å². The Morgan fingerprint density at radius 3 is 2.58 bits per heavy atom. The molecule has 2 saturated carbocycles. The normalized spacial score (nSPS) is 31.4. The van der Waals surface area contributed by atoms with Gasteiger partial charge in [-0.1, -0.05) is 13.0 Å². The van der Waals surface area contributed by atoms with Gasteiger partial charge in [0.05, 0.1) is 11.7 Å². The van der Waals surface area contributed by atoms with E-state index in [0.717, 1.165) is 37.8 Å². The molecule has 4 nitrogen and oxygen atoms in total. The van der Waals surface area contributed by atoms with Crippen LogP contribution in [0.1, 0.15) is 66.4 Å². The average molecular weight is 420 g/mol. The summed E-state index contributed by atoms with van der Waals surface area (Å²) in [5.74, 6) is 2.21. The summed E-state index contributed by atoms with van der Waals surface area (Å²) < 4.78 is 5.72. The fourth-order valence-electron chi connectivity index (χ4n) is 6.66. The van der Waals surface area contributed by atoms with Crippen LogP contribution in [0.3, 0.4) is 0 Å². The van der Waals surface area contributed by atoms with Crippen molar-refractivity contribution < 1.29 is 14.6 Å². The number of fused-ring (bicyclic) bond motifs is 5. The van der Waals surface area contributed by atoms with Crippen molar-refractivity contribution in [2.24, 2.45) is 17.3 Å². The quantitative estimate of drug-likeness (QED) is 0.550. The lowest BCUT2D eigenvalue weighted by atomic mass is 9.55. The van der Waals surface area contributed by atoms with Gasteiger partial charge in [0.2, 0.25) is 0 Å². The summed E-state index contributed by atoms with van der Waals surface area (Å²) in [7, 11) is 3.96. The van der Waals surface area contributed by atoms with Crippen LogP contribution in [0, 0.1) is 17.3 Å². The molecule has 0 radical (unpaired) electrons. The third-order valence-corrected chi connectivity index (χ3v) is 8.48. The Morgan fingerprint density at radius 2 is 1.84 bits per heavy atom. The molecule has 0 aliphatic heterocycles. The topological polar surface area (TPSA) is 49.8 Å². The molecule has 2 aromatic carbocycles. The number of aryl methyl sites for hydroxylation is 1. The van der Waals surface area contributed by atoms with Gasteiger partial charge in [-0.15, -0.1) is 0 Å². The van der Waals surface area contributed by atoms with Gasteiger partial charge < -0.3 is 14.7 Å². The van der Waals surface area contributed by atoms with Gasteiger partial charge in [0.25, 0.3) is 0 Å². The van der Waals surface area contributed by atoms with Crippen LogP contribution < -0.4 is 9.64 Å². The number of hydrogen-bond acceptors (Lipinski definition) is 4. The number of benzene rings is 2. The monoisotopic (exact) mass is 419 g/mol. The fourth-order valence-corrected chi connectivity index (χ4v) is 6.66. The van der Waals surface area contributed by atoms with E-state index < -0.39 is 0 Å². The molecular formula is C27H33NO3. The maximum absolute atomic E-state index is 12.6. The van der Waals surface area contributed by atoms with Gasteiger partial charge >= 0.3 is 5.97 Å². The molecule has 5 atom stereocenters. The summed E-state index contributed by atoms with van der Waals surface area (Å²) >= 11 is 0. The van der Waals surface area contributed by atoms with Crippen LogP contribution in [0.4, 0.5) is 5.69 Å². The van der Waals surface area contributed by atoms with E-state index in [2.05, 4.69) is 19.1 Å². The summed E-state index contributed by atoms with van der Waals surface area (Å²) in [5, 5.41) is 10.6. The number of anilines is 1. The summed E-state index contributed by atoms with van der Waals surface area (Å²) in [6.45, 7) is 2.31. The van der Waals surface area contributed by atoms with Crippen molar-refractivity contribution in [3.8, 4) is 5.75 Å². The summed E-state index contributed by atoms with van der Waals surface area (Å²) in [6, 6.07) is 13.7. The third kappa shape index (κ3) is 3.45. The van der Waals surface area contributed by atoms with Crippen LogP contribution >= 0.6 is 0 Å². The van der Waals surface area contributed by atoms with Gasteiger partial charge in [-0.25, -0.2) is 4.79 Å². The number of aliphatic hydroxyl groups excluding tert-OH is 1. The van der Waals surface area contributed by atoms with Crippen molar-refractivity contribution in [3.63, 3.8) is 0 Å². The fraction of sp³-hybridized carbons (Fsp3) is 0.519. The second-order valence-electron chi connectivity index (χ2n) is 10.2. The number of hydrogen-bond donors (Lipinski definition) is 1. The molecule has 164 valence electrons. The lowest BCUT2D eigenvalue weighted by Gasteiger charge is -2.50. The lowest BCUT2D eigenvalue weighted by molar-refractivity contribution is -0.0226. The first-order chi connectivity index (χ1) is 14.9. The van der Waals surface area contributed by atoms with Crippen molar-refractivity contribution in [1.82, 2.24) is 0 Å². The first kappa shape index (κ1) is 20.6. The molecule has 5 rings (SSSR count). The predicted octanol–water partition coefficient (Wildman–Crippen LogP) is 5.19. The molecule has 4 heteroatoms. The van der Waals surface area contributed by atoms with Crippen molar-refractivity contribution in [1.29, 1.82) is 0 Å². The zero-order valence-corrected chi connectivity index (χ0v) is 18.8. The minimum Gasteiger partial charge on any atom is -0.423 e. The minimum atomic E-state index is -0.313. The molecule has 0 saturated heterocycles. The highest BCUT2D eigenvalue weighted by Gasteiger charge is 2.54. The van der Waals surface area contributed by atoms with E-state index in [1.54, 1.807) is 0 Å². The molecular weight excluding hydrogens is 386 g/mol. The van der Waals surface area contributed by atoms with Gasteiger partial charge in [0.15, 0.2) is 0 Å². The van der Waals surface area contributed by atoms with Gasteiger partial charge in [-0.2, -0.15) is 0 Å². The molecule has 2 aromatic rings. The largest absolute Gasteiger partial charge is 0.423 e. The SMILES string of the molecule is CN(C)c1ccc(C(=O)Oc2ccc3c(c2)CC[C@@H]2[C@@H]3CC[C@]3(C)[C@@H](O)CC[C@@H]23)cc1. The second kappa shape index (κ2) is 7.67. The predicted molar refractivity (Wildman–Crippen MR) is 123 cm³/mol. The number of esters is 1. The smallest absolute Gasteiger partial charge is 0.343 e. The number of aliphatic hydroxyl groups is 1. The Labute approximate surface area is 185 Å². The molecule has 0 spiro atoms. The van der Waals surface area contributed by atoms with Gasteiger partial charge in [-0.05, 0) is 109 Å². The van der Waals surface area contributed by atoms with Crippen LogP contribution in [0.15, 0.2) is 42.5 Å². The summed E-state index contributed by atoms with van der Waals surface area (Å²) in [4.78, 5) is 14.6. The Bertz CT molecular complexity index is 982. The first-order valence-electron chi connectivity index (χ1n) is 11.7. The molecule has 3 aliphatic rings. The Morgan fingerprint density at radius 1 is 1.06 bits per heavy atom. The zero-order chi connectivity index (χ0) is 21.8. The van der Waals surface area contributed by atoms with E-state index in [1.807, 2.05) is 49.3 Å². The highest BCUT2D eigenvalue weighted by Crippen LogP contribution is 2.60. The average Bonchev–Trinajstić information content (AvgIpc) is 3.08. The molecule has 3 aliphatic carbocycles. The van der Waals surface area contributed by atoms with E-state index in [4.69, 9.17) is 4.74 Å². The minimum absolute atomic E-state index is 0.107. The lowest BCUT2D eigenvalue weighted by Crippen LogP contribution is -2.43. The number of carbonyl (C=O) groups excluding carboxylic acids is 1. The molecule has 0 heterocycles. The van der Waals surface area contributed by atoms with Crippen molar-refractivity contribution in [3.05, 3.63) is 59.2 Å². The summed E-state index contributed by atoms with van der Waals surface area (Å²) in [5.41, 5.74) is 4.50. The summed E-state index contributed by atoms with van der Waals surface area (Å²) in [6.07, 6.45) is 6.46. The molecule has 2 fully saturated rings. The van der Waals surface area contributed by atoms with Gasteiger partial charge in [-0.3, -0.25) is 0 Å². The molecule has 31 heavy (non-hydrogen) atoms. The first-order valence-corrected chi connectivity index (χ1v) is 11.7. The van der Waals surface area contributed by atoms with E-state index in [0.29, 0.717) is 29.1 Å². The van der Waals surface area contributed by atoms with Gasteiger partial charge in [0.1, 0.15) is 5.75 Å². The number of ether oxygens (including phenoxy) is 1. The standard InChI is InChI=1S/C27H33NO3/c1-27-15-14-22-21-11-9-20(31-26(30)17-4-7-19(8-5-17)28(2)3)16-18(21)6-10-23(22)24(27)12-13-25(27)29/h4-5,7-9,11,16,22-25,29H,6,10,12-15H2,1-3H3/t22-,23-,24+,25+,27+/m1/s1. The molecule has 0 amide bonds. The van der Waals surface area contributed by atoms with Crippen LogP contribution in [0.25, 0.3) is 0 Å². The Balaban J connectivity index is 1.32. The zero-order valence-electron chi connectivity index (χ0n) is 18.8. The van der Waals surface area contributed by atoms with E-state index in [1.165, 1.54) is 17.5 Å². The van der Waals surface area contributed by atoms with Crippen LogP contribution in [0.5, 0.6) is 5.75 Å². The van der Waals surface area contributed by atoms with E-state index in [-0.39, 0.29) is 17.5 Å². The molecule has 0 aromatic heterocycles. The van der Waals surface area contributed by atoms with E-state index >= 15 is 0 Å². The second-order valence-corrected chi connectivity index (χ2v) is 10.2. The third-order valence-electron chi connectivity index (χ3n) is 8.48. The highest BCUT2D eigenvalue weighted by atomic mass is 16.5. The number of nitrogens with zero attached hydrogens (tertiary/aromatic N) is 1. The molecule has 0 unspecified atom stereocenters. The van der Waals surface area contributed by atoms with Crippen molar-refractivity contribution in [2.45, 2.75) is 57.5 Å². The Kier molecular flexibility index (Phi) is 5.09. The number of carbonyl (C=O) groups is 1. The number of rotatable bonds is 3. The van der Waals surface area contributed by atoms with Crippen molar-refractivity contribution in [2.75, 3.05) is 19.0 Å². The van der Waals surface area contributed by atoms with Crippen LogP contribution in [-0.2, 0) is 6.42 Å². The maximum atomic E-state index is 12.6. The maximum Gasteiger partial charge on any atom is 0.343 e. The van der Waals surface area contributed by atoms with Crippen molar-refractivity contribution >= 4 is 11.7 Å².